The molecular formula is C8H8ClN3S2. The predicted octanol–water partition coefficient (Wildman–Crippen LogP) is 2.41. The number of nitrogens with two attached hydrogens (primary N) is 1. The van der Waals surface area contributed by atoms with Crippen LogP contribution in [0.1, 0.15) is 16.6 Å². The number of thiophene rings is 1. The van der Waals surface area contributed by atoms with Crippen LogP contribution in [-0.2, 0) is 0 Å². The lowest BCUT2D eigenvalue weighted by atomic mass is 10.2. The van der Waals surface area contributed by atoms with Crippen LogP contribution in [0.5, 0.6) is 0 Å². The third kappa shape index (κ3) is 1.97. The first-order chi connectivity index (χ1) is 6.81. The largest absolute Gasteiger partial charge is 0.270 e. The van der Waals surface area contributed by atoms with E-state index < -0.39 is 0 Å². The lowest BCUT2D eigenvalue weighted by molar-refractivity contribution is 0.633. The molecule has 0 saturated carbocycles. The number of thiazole rings is 1. The first-order valence-corrected chi connectivity index (χ1v) is 6.04. The minimum atomic E-state index is -0.0567. The highest BCUT2D eigenvalue weighted by molar-refractivity contribution is 7.16. The predicted molar refractivity (Wildman–Crippen MR) is 60.6 cm³/mol. The summed E-state index contributed by atoms with van der Waals surface area (Å²) in [5.41, 5.74) is 5.44. The number of hydrazine groups is 1. The van der Waals surface area contributed by atoms with Crippen molar-refractivity contribution in [1.82, 2.24) is 10.4 Å². The SMILES string of the molecule is NNC(c1cscn1)c1ccc(Cl)s1. The Balaban J connectivity index is 2.31. The zero-order valence-electron chi connectivity index (χ0n) is 7.11. The maximum absolute atomic E-state index is 5.85. The van der Waals surface area contributed by atoms with Gasteiger partial charge >= 0.3 is 0 Å². The second kappa shape index (κ2) is 4.37. The van der Waals surface area contributed by atoms with Crippen molar-refractivity contribution in [1.29, 1.82) is 0 Å². The molecule has 0 fully saturated rings. The molecule has 0 spiro atoms. The lowest BCUT2D eigenvalue weighted by Crippen LogP contribution is -2.28. The first-order valence-electron chi connectivity index (χ1n) is 3.90. The molecule has 2 aromatic rings. The average molecular weight is 246 g/mol. The molecule has 3 nitrogen and oxygen atoms in total. The molecule has 0 aliphatic carbocycles. The molecule has 1 unspecified atom stereocenters. The Morgan fingerprint density at radius 1 is 1.50 bits per heavy atom. The minimum absolute atomic E-state index is 0.0567. The summed E-state index contributed by atoms with van der Waals surface area (Å²) in [4.78, 5) is 5.29. The minimum Gasteiger partial charge on any atom is -0.270 e. The van der Waals surface area contributed by atoms with E-state index in [-0.39, 0.29) is 6.04 Å². The second-order valence-corrected chi connectivity index (χ2v) is 5.12. The van der Waals surface area contributed by atoms with Crippen LogP contribution in [0.4, 0.5) is 0 Å². The quantitative estimate of drug-likeness (QED) is 0.645. The summed E-state index contributed by atoms with van der Waals surface area (Å²) in [6.07, 6.45) is 0. The van der Waals surface area contributed by atoms with Crippen LogP contribution in [0.25, 0.3) is 0 Å². The van der Waals surface area contributed by atoms with Crippen molar-refractivity contribution in [2.24, 2.45) is 5.84 Å². The van der Waals surface area contributed by atoms with E-state index in [1.807, 2.05) is 17.5 Å². The number of aromatic nitrogens is 1. The van der Waals surface area contributed by atoms with Gasteiger partial charge in [-0.05, 0) is 12.1 Å². The van der Waals surface area contributed by atoms with Crippen LogP contribution < -0.4 is 11.3 Å². The van der Waals surface area contributed by atoms with Gasteiger partial charge in [0, 0.05) is 10.3 Å². The Morgan fingerprint density at radius 3 is 2.86 bits per heavy atom. The fourth-order valence-electron chi connectivity index (χ4n) is 1.16. The van der Waals surface area contributed by atoms with E-state index in [1.165, 1.54) is 11.3 Å². The number of halogens is 1. The highest BCUT2D eigenvalue weighted by atomic mass is 35.5. The van der Waals surface area contributed by atoms with Crippen LogP contribution in [0, 0.1) is 0 Å². The standard InChI is InChI=1S/C8H8ClN3S2/c9-7-2-1-6(14-7)8(12-10)5-3-13-4-11-5/h1-4,8,12H,10H2. The van der Waals surface area contributed by atoms with Crippen molar-refractivity contribution in [3.63, 3.8) is 0 Å². The van der Waals surface area contributed by atoms with Crippen molar-refractivity contribution < 1.29 is 0 Å². The number of rotatable bonds is 3. The number of hydrogen-bond donors (Lipinski definition) is 2. The molecule has 3 N–H and O–H groups in total. The maximum atomic E-state index is 5.85. The number of nitrogens with one attached hydrogen (secondary N) is 1. The smallest absolute Gasteiger partial charge is 0.0982 e. The molecule has 6 heteroatoms. The summed E-state index contributed by atoms with van der Waals surface area (Å²) >= 11 is 8.91. The highest BCUT2D eigenvalue weighted by Gasteiger charge is 2.15. The molecule has 2 heterocycles. The second-order valence-electron chi connectivity index (χ2n) is 2.65. The lowest BCUT2D eigenvalue weighted by Gasteiger charge is -2.10. The normalized spacial score (nSPS) is 13.0. The summed E-state index contributed by atoms with van der Waals surface area (Å²) < 4.78 is 0.760. The topological polar surface area (TPSA) is 50.9 Å². The fraction of sp³-hybridized carbons (Fsp3) is 0.125. The van der Waals surface area contributed by atoms with Crippen molar-refractivity contribution in [3.05, 3.63) is 37.9 Å². The molecule has 0 aliphatic rings. The zero-order chi connectivity index (χ0) is 9.97. The van der Waals surface area contributed by atoms with Crippen molar-refractivity contribution in [3.8, 4) is 0 Å². The first kappa shape index (κ1) is 10.1. The molecule has 2 aromatic heterocycles. The van der Waals surface area contributed by atoms with E-state index >= 15 is 0 Å². The molecule has 1 atom stereocenters. The van der Waals surface area contributed by atoms with E-state index in [2.05, 4.69) is 10.4 Å². The molecular weight excluding hydrogens is 238 g/mol. The van der Waals surface area contributed by atoms with Gasteiger partial charge in [-0.25, -0.2) is 10.4 Å². The maximum Gasteiger partial charge on any atom is 0.0982 e. The molecule has 0 aromatic carbocycles. The molecule has 0 bridgehead atoms. The van der Waals surface area contributed by atoms with Crippen LogP contribution in [-0.4, -0.2) is 4.98 Å². The van der Waals surface area contributed by atoms with Crippen LogP contribution in [0.2, 0.25) is 4.34 Å². The van der Waals surface area contributed by atoms with Crippen LogP contribution in [0.15, 0.2) is 23.0 Å². The van der Waals surface area contributed by atoms with Gasteiger partial charge in [0.25, 0.3) is 0 Å². The monoisotopic (exact) mass is 245 g/mol. The molecule has 0 saturated heterocycles. The van der Waals surface area contributed by atoms with Gasteiger partial charge in [0.1, 0.15) is 0 Å². The summed E-state index contributed by atoms with van der Waals surface area (Å²) in [6.45, 7) is 0. The summed E-state index contributed by atoms with van der Waals surface area (Å²) in [5.74, 6) is 5.48. The third-order valence-electron chi connectivity index (χ3n) is 1.79. The van der Waals surface area contributed by atoms with E-state index in [4.69, 9.17) is 17.4 Å². The molecule has 2 rings (SSSR count). The molecule has 14 heavy (non-hydrogen) atoms. The van der Waals surface area contributed by atoms with E-state index in [1.54, 1.807) is 16.8 Å². The van der Waals surface area contributed by atoms with Crippen molar-refractivity contribution >= 4 is 34.3 Å². The van der Waals surface area contributed by atoms with Gasteiger partial charge in [0.2, 0.25) is 0 Å². The van der Waals surface area contributed by atoms with Crippen LogP contribution in [0.3, 0.4) is 0 Å². The van der Waals surface area contributed by atoms with Gasteiger partial charge in [0.05, 0.1) is 21.6 Å². The Morgan fingerprint density at radius 2 is 2.36 bits per heavy atom. The fourth-order valence-corrected chi connectivity index (χ4v) is 2.88. The van der Waals surface area contributed by atoms with E-state index in [9.17, 15) is 0 Å². The van der Waals surface area contributed by atoms with E-state index in [0.29, 0.717) is 0 Å². The molecule has 0 amide bonds. The van der Waals surface area contributed by atoms with Gasteiger partial charge < -0.3 is 0 Å². The Kier molecular flexibility index (Phi) is 3.15. The van der Waals surface area contributed by atoms with Gasteiger partial charge in [-0.1, -0.05) is 11.6 Å². The van der Waals surface area contributed by atoms with Crippen LogP contribution >= 0.6 is 34.3 Å². The van der Waals surface area contributed by atoms with Gasteiger partial charge in [-0.15, -0.1) is 22.7 Å². The van der Waals surface area contributed by atoms with E-state index in [0.717, 1.165) is 14.9 Å². The Labute approximate surface area is 94.5 Å². The van der Waals surface area contributed by atoms with Crippen molar-refractivity contribution in [2.75, 3.05) is 0 Å². The Hall–Kier alpha value is -0.460. The average Bonchev–Trinajstić information content (AvgIpc) is 2.79. The van der Waals surface area contributed by atoms with Gasteiger partial charge in [-0.2, -0.15) is 0 Å². The molecule has 0 radical (unpaired) electrons. The van der Waals surface area contributed by atoms with Gasteiger partial charge in [-0.3, -0.25) is 5.84 Å². The number of hydrogen-bond acceptors (Lipinski definition) is 5. The molecule has 74 valence electrons. The van der Waals surface area contributed by atoms with Crippen molar-refractivity contribution in [2.45, 2.75) is 6.04 Å². The summed E-state index contributed by atoms with van der Waals surface area (Å²) in [5, 5.41) is 1.97. The molecule has 0 aliphatic heterocycles. The highest BCUT2D eigenvalue weighted by Crippen LogP contribution is 2.30. The summed E-state index contributed by atoms with van der Waals surface area (Å²) in [6, 6.07) is 3.76. The Bertz CT molecular complexity index is 398. The summed E-state index contributed by atoms with van der Waals surface area (Å²) in [7, 11) is 0. The number of nitrogens with zero attached hydrogens (tertiary/aromatic N) is 1. The third-order valence-corrected chi connectivity index (χ3v) is 3.69. The van der Waals surface area contributed by atoms with Gasteiger partial charge in [0.15, 0.2) is 0 Å². The zero-order valence-corrected chi connectivity index (χ0v) is 9.49.